The summed E-state index contributed by atoms with van der Waals surface area (Å²) in [6.07, 6.45) is 2.59. The second-order valence-corrected chi connectivity index (χ2v) is 7.93. The summed E-state index contributed by atoms with van der Waals surface area (Å²) in [6, 6.07) is 3.24. The third-order valence-corrected chi connectivity index (χ3v) is 4.95. The molecule has 2 heterocycles. The molecule has 0 fully saturated rings. The highest BCUT2D eigenvalue weighted by Crippen LogP contribution is 2.35. The van der Waals surface area contributed by atoms with Crippen LogP contribution in [0.2, 0.25) is 10.0 Å². The van der Waals surface area contributed by atoms with Crippen molar-refractivity contribution >= 4 is 29.1 Å². The number of ether oxygens (including phenoxy) is 1. The van der Waals surface area contributed by atoms with E-state index in [4.69, 9.17) is 27.9 Å². The summed E-state index contributed by atoms with van der Waals surface area (Å²) < 4.78 is 7.35. The van der Waals surface area contributed by atoms with E-state index in [1.165, 1.54) is 12.8 Å². The van der Waals surface area contributed by atoms with Crippen molar-refractivity contribution in [1.29, 1.82) is 0 Å². The molecular formula is C18H21Cl2N3O2. The van der Waals surface area contributed by atoms with Gasteiger partial charge >= 0.3 is 0 Å². The summed E-state index contributed by atoms with van der Waals surface area (Å²) in [5, 5.41) is 5.21. The number of benzene rings is 1. The molecule has 0 bridgehead atoms. The van der Waals surface area contributed by atoms with E-state index in [2.05, 4.69) is 25.9 Å². The van der Waals surface area contributed by atoms with Crippen LogP contribution >= 0.6 is 23.2 Å². The summed E-state index contributed by atoms with van der Waals surface area (Å²) in [5.41, 5.74) is 2.47. The summed E-state index contributed by atoms with van der Waals surface area (Å²) in [4.78, 5) is 14.8. The number of fused-ring (bicyclic) bond motifs is 1. The van der Waals surface area contributed by atoms with Gasteiger partial charge in [-0.05, 0) is 32.9 Å². The molecule has 0 radical (unpaired) electrons. The highest BCUT2D eigenvalue weighted by atomic mass is 35.5. The van der Waals surface area contributed by atoms with Gasteiger partial charge in [0.15, 0.2) is 5.75 Å². The zero-order chi connectivity index (χ0) is 18.4. The lowest BCUT2D eigenvalue weighted by Gasteiger charge is -2.30. The number of halogens is 2. The summed E-state index contributed by atoms with van der Waals surface area (Å²) in [6.45, 7) is 7.45. The molecule has 1 amide bonds. The van der Waals surface area contributed by atoms with E-state index in [0.717, 1.165) is 12.0 Å². The molecule has 3 rings (SSSR count). The second-order valence-electron chi connectivity index (χ2n) is 7.11. The van der Waals surface area contributed by atoms with Crippen LogP contribution in [0.3, 0.4) is 0 Å². The molecular weight excluding hydrogens is 361 g/mol. The van der Waals surface area contributed by atoms with E-state index in [1.807, 2.05) is 10.9 Å². The van der Waals surface area contributed by atoms with E-state index in [-0.39, 0.29) is 11.4 Å². The maximum atomic E-state index is 13.0. The van der Waals surface area contributed by atoms with Gasteiger partial charge in [0.25, 0.3) is 5.91 Å². The third-order valence-electron chi connectivity index (χ3n) is 4.33. The Kier molecular flexibility index (Phi) is 4.73. The van der Waals surface area contributed by atoms with Gasteiger partial charge in [-0.2, -0.15) is 5.10 Å². The van der Waals surface area contributed by atoms with Crippen LogP contribution in [-0.4, -0.2) is 34.2 Å². The van der Waals surface area contributed by atoms with Crippen LogP contribution in [0.1, 0.15) is 42.4 Å². The number of carbonyl (C=O) groups is 1. The van der Waals surface area contributed by atoms with Crippen molar-refractivity contribution in [2.75, 3.05) is 13.7 Å². The first-order chi connectivity index (χ1) is 11.7. The number of nitrogens with zero attached hydrogens (tertiary/aromatic N) is 3. The van der Waals surface area contributed by atoms with E-state index in [1.54, 1.807) is 17.0 Å². The molecule has 0 spiro atoms. The van der Waals surface area contributed by atoms with Gasteiger partial charge in [0, 0.05) is 30.8 Å². The highest BCUT2D eigenvalue weighted by molar-refractivity contribution is 6.37. The first-order valence-corrected chi connectivity index (χ1v) is 8.87. The zero-order valence-corrected chi connectivity index (χ0v) is 16.3. The minimum absolute atomic E-state index is 0.0841. The molecule has 0 unspecified atom stereocenters. The molecule has 1 aliphatic heterocycles. The maximum Gasteiger partial charge on any atom is 0.259 e. The molecule has 0 aliphatic carbocycles. The van der Waals surface area contributed by atoms with E-state index in [9.17, 15) is 4.79 Å². The number of amides is 1. The van der Waals surface area contributed by atoms with Gasteiger partial charge in [0.2, 0.25) is 0 Å². The number of methoxy groups -OCH3 is 1. The minimum Gasteiger partial charge on any atom is -0.494 e. The number of hydrogen-bond donors (Lipinski definition) is 0. The predicted octanol–water partition coefficient (Wildman–Crippen LogP) is 4.15. The van der Waals surface area contributed by atoms with Gasteiger partial charge in [-0.25, -0.2) is 0 Å². The van der Waals surface area contributed by atoms with Crippen LogP contribution in [0.5, 0.6) is 5.75 Å². The van der Waals surface area contributed by atoms with Crippen LogP contribution in [0.4, 0.5) is 0 Å². The lowest BCUT2D eigenvalue weighted by Crippen LogP contribution is -2.38. The van der Waals surface area contributed by atoms with Crippen LogP contribution in [0.15, 0.2) is 18.3 Å². The Bertz CT molecular complexity index is 824. The van der Waals surface area contributed by atoms with Crippen LogP contribution in [0.25, 0.3) is 0 Å². The Morgan fingerprint density at radius 2 is 1.92 bits per heavy atom. The van der Waals surface area contributed by atoms with Crippen molar-refractivity contribution in [3.63, 3.8) is 0 Å². The molecule has 2 aromatic rings. The molecule has 25 heavy (non-hydrogen) atoms. The standard InChI is InChI=1S/C18H21Cl2N3O2/c1-18(2,3)23-14-7-8-22(10-11(14)9-21-23)17(24)15-12(19)5-6-13(20)16(15)25-4/h5-6,9H,7-8,10H2,1-4H3. The van der Waals surface area contributed by atoms with Crippen molar-refractivity contribution in [1.82, 2.24) is 14.7 Å². The van der Waals surface area contributed by atoms with Crippen LogP contribution < -0.4 is 4.74 Å². The SMILES string of the molecule is COc1c(Cl)ccc(Cl)c1C(=O)N1CCc2c(cnn2C(C)(C)C)C1. The largest absolute Gasteiger partial charge is 0.494 e. The zero-order valence-electron chi connectivity index (χ0n) is 14.8. The third kappa shape index (κ3) is 3.23. The summed E-state index contributed by atoms with van der Waals surface area (Å²) in [5.74, 6) is 0.133. The fraction of sp³-hybridized carbons (Fsp3) is 0.444. The van der Waals surface area contributed by atoms with Gasteiger partial charge in [-0.3, -0.25) is 9.48 Å². The lowest BCUT2D eigenvalue weighted by atomic mass is 10.0. The van der Waals surface area contributed by atoms with Crippen molar-refractivity contribution in [2.24, 2.45) is 0 Å². The molecule has 1 aromatic carbocycles. The van der Waals surface area contributed by atoms with E-state index < -0.39 is 0 Å². The van der Waals surface area contributed by atoms with Crippen molar-refractivity contribution in [2.45, 2.75) is 39.3 Å². The Balaban J connectivity index is 1.92. The molecule has 5 nitrogen and oxygen atoms in total. The highest BCUT2D eigenvalue weighted by Gasteiger charge is 2.30. The average Bonchev–Trinajstić information content (AvgIpc) is 2.99. The van der Waals surface area contributed by atoms with Gasteiger partial charge in [-0.15, -0.1) is 0 Å². The normalized spacial score (nSPS) is 14.4. The van der Waals surface area contributed by atoms with Gasteiger partial charge in [0.05, 0.1) is 28.9 Å². The number of carbonyl (C=O) groups excluding carboxylic acids is 1. The molecule has 0 atom stereocenters. The minimum atomic E-state index is -0.182. The number of hydrogen-bond acceptors (Lipinski definition) is 3. The molecule has 0 saturated carbocycles. The van der Waals surface area contributed by atoms with Gasteiger partial charge in [0.1, 0.15) is 5.56 Å². The summed E-state index contributed by atoms with van der Waals surface area (Å²) >= 11 is 12.4. The van der Waals surface area contributed by atoms with Crippen molar-refractivity contribution < 1.29 is 9.53 Å². The molecule has 1 aliphatic rings. The second kappa shape index (κ2) is 6.54. The number of rotatable bonds is 2. The van der Waals surface area contributed by atoms with E-state index >= 15 is 0 Å². The Labute approximate surface area is 157 Å². The molecule has 134 valence electrons. The number of aromatic nitrogens is 2. The van der Waals surface area contributed by atoms with Crippen LogP contribution in [-0.2, 0) is 18.5 Å². The molecule has 0 N–H and O–H groups in total. The molecule has 7 heteroatoms. The quantitative estimate of drug-likeness (QED) is 0.784. The maximum absolute atomic E-state index is 13.0. The Morgan fingerprint density at radius 1 is 1.24 bits per heavy atom. The smallest absolute Gasteiger partial charge is 0.259 e. The predicted molar refractivity (Wildman–Crippen MR) is 98.7 cm³/mol. The fourth-order valence-corrected chi connectivity index (χ4v) is 3.64. The first-order valence-electron chi connectivity index (χ1n) is 8.11. The van der Waals surface area contributed by atoms with Crippen LogP contribution in [0, 0.1) is 0 Å². The van der Waals surface area contributed by atoms with Gasteiger partial charge < -0.3 is 9.64 Å². The van der Waals surface area contributed by atoms with Crippen molar-refractivity contribution in [3.05, 3.63) is 45.2 Å². The van der Waals surface area contributed by atoms with E-state index in [0.29, 0.717) is 34.4 Å². The monoisotopic (exact) mass is 381 g/mol. The Hall–Kier alpha value is -1.72. The fourth-order valence-electron chi connectivity index (χ4n) is 3.17. The molecule has 0 saturated heterocycles. The Morgan fingerprint density at radius 3 is 2.56 bits per heavy atom. The average molecular weight is 382 g/mol. The van der Waals surface area contributed by atoms with Crippen molar-refractivity contribution in [3.8, 4) is 5.75 Å². The topological polar surface area (TPSA) is 47.4 Å². The lowest BCUT2D eigenvalue weighted by molar-refractivity contribution is 0.0729. The first kappa shape index (κ1) is 18.1. The molecule has 1 aromatic heterocycles. The van der Waals surface area contributed by atoms with Gasteiger partial charge in [-0.1, -0.05) is 23.2 Å². The summed E-state index contributed by atoms with van der Waals surface area (Å²) in [7, 11) is 1.48.